The topological polar surface area (TPSA) is 137 Å². The highest BCUT2D eigenvalue weighted by atomic mass is 16.7. The lowest BCUT2D eigenvalue weighted by Crippen LogP contribution is -2.62. The Morgan fingerprint density at radius 3 is 2.53 bits per heavy atom. The second-order valence-corrected chi connectivity index (χ2v) is 7.47. The molecule has 0 radical (unpaired) electrons. The lowest BCUT2D eigenvalue weighted by molar-refractivity contribution is -0.241. The van der Waals surface area contributed by atoms with E-state index in [-0.39, 0.29) is 12.5 Å². The maximum atomic E-state index is 11.4. The fraction of sp³-hybridized carbons (Fsp3) is 0.348. The summed E-state index contributed by atoms with van der Waals surface area (Å²) in [5.74, 6) is 0.293. The van der Waals surface area contributed by atoms with Crippen LogP contribution < -0.4 is 10.5 Å². The first-order valence-corrected chi connectivity index (χ1v) is 9.89. The second kappa shape index (κ2) is 9.67. The molecular formula is C23H25N5O4. The zero-order valence-corrected chi connectivity index (χ0v) is 18.1. The first-order valence-electron chi connectivity index (χ1n) is 9.89. The summed E-state index contributed by atoms with van der Waals surface area (Å²) >= 11 is 0. The molecule has 3 N–H and O–H groups in total. The number of rotatable bonds is 6. The minimum Gasteiger partial charge on any atom is -0.479 e. The zero-order valence-electron chi connectivity index (χ0n) is 18.1. The third-order valence-electron chi connectivity index (χ3n) is 5.47. The molecule has 2 aromatic carbocycles. The monoisotopic (exact) mass is 435 g/mol. The average Bonchev–Trinajstić information content (AvgIpc) is 2.81. The first kappa shape index (κ1) is 23.0. The van der Waals surface area contributed by atoms with Gasteiger partial charge < -0.3 is 25.1 Å². The van der Waals surface area contributed by atoms with Gasteiger partial charge >= 0.3 is 0 Å². The minimum atomic E-state index is -1.38. The Morgan fingerprint density at radius 2 is 1.94 bits per heavy atom. The van der Waals surface area contributed by atoms with E-state index in [0.717, 1.165) is 10.5 Å². The summed E-state index contributed by atoms with van der Waals surface area (Å²) in [6, 6.07) is 15.3. The molecule has 1 heterocycles. The van der Waals surface area contributed by atoms with Crippen molar-refractivity contribution in [3.63, 3.8) is 0 Å². The predicted molar refractivity (Wildman–Crippen MR) is 116 cm³/mol. The number of nitrogens with zero attached hydrogens (tertiary/aromatic N) is 4. The number of aliphatic hydroxyl groups is 1. The van der Waals surface area contributed by atoms with Crippen molar-refractivity contribution in [2.24, 2.45) is 10.7 Å². The largest absolute Gasteiger partial charge is 0.479 e. The number of hydrogen-bond donors (Lipinski definition) is 2. The van der Waals surface area contributed by atoms with Gasteiger partial charge in [0.2, 0.25) is 5.96 Å². The van der Waals surface area contributed by atoms with E-state index in [4.69, 9.17) is 19.9 Å². The van der Waals surface area contributed by atoms with Crippen molar-refractivity contribution in [2.45, 2.75) is 37.5 Å². The molecule has 9 heteroatoms. The lowest BCUT2D eigenvalue weighted by atomic mass is 9.83. The van der Waals surface area contributed by atoms with Crippen LogP contribution in [0.4, 0.5) is 0 Å². The molecule has 1 aliphatic heterocycles. The van der Waals surface area contributed by atoms with Crippen molar-refractivity contribution in [1.29, 1.82) is 10.5 Å². The molecule has 1 aliphatic rings. The Kier molecular flexibility index (Phi) is 6.96. The molecule has 3 atom stereocenters. The van der Waals surface area contributed by atoms with E-state index >= 15 is 0 Å². The van der Waals surface area contributed by atoms with Crippen LogP contribution in [0.25, 0.3) is 0 Å². The van der Waals surface area contributed by atoms with Crippen molar-refractivity contribution < 1.29 is 19.3 Å². The van der Waals surface area contributed by atoms with E-state index in [0.29, 0.717) is 16.9 Å². The van der Waals surface area contributed by atoms with E-state index < -0.39 is 24.0 Å². The van der Waals surface area contributed by atoms with Crippen LogP contribution in [0.5, 0.6) is 5.75 Å². The summed E-state index contributed by atoms with van der Waals surface area (Å²) in [5.41, 5.74) is 6.51. The summed E-state index contributed by atoms with van der Waals surface area (Å²) in [4.78, 5) is 5.46. The quantitative estimate of drug-likeness (QED) is 0.231. The molecule has 2 aromatic rings. The molecule has 3 unspecified atom stereocenters. The minimum absolute atomic E-state index is 0.0793. The lowest BCUT2D eigenvalue weighted by Gasteiger charge is -2.48. The molecular weight excluding hydrogens is 410 g/mol. The smallest absolute Gasteiger partial charge is 0.205 e. The third-order valence-corrected chi connectivity index (χ3v) is 5.47. The molecule has 9 nitrogen and oxygen atoms in total. The molecule has 0 bridgehead atoms. The van der Waals surface area contributed by atoms with Crippen molar-refractivity contribution in [3.05, 3.63) is 65.2 Å². The highest BCUT2D eigenvalue weighted by molar-refractivity contribution is 5.80. The Hall–Kier alpha value is -3.63. The van der Waals surface area contributed by atoms with E-state index in [1.165, 1.54) is 14.2 Å². The van der Waals surface area contributed by atoms with Gasteiger partial charge in [0.15, 0.2) is 18.1 Å². The molecule has 0 saturated carbocycles. The van der Waals surface area contributed by atoms with Crippen LogP contribution in [-0.4, -0.2) is 48.2 Å². The van der Waals surface area contributed by atoms with E-state index in [9.17, 15) is 15.6 Å². The van der Waals surface area contributed by atoms with Gasteiger partial charge in [0.1, 0.15) is 17.9 Å². The van der Waals surface area contributed by atoms with Crippen LogP contribution in [-0.2, 0) is 16.0 Å². The first-order chi connectivity index (χ1) is 15.4. The summed E-state index contributed by atoms with van der Waals surface area (Å²) in [5, 5.41) is 30.7. The number of aliphatic imine (C=N–C) groups is 1. The predicted octanol–water partition coefficient (Wildman–Crippen LogP) is 2.03. The van der Waals surface area contributed by atoms with Crippen LogP contribution >= 0.6 is 0 Å². The summed E-state index contributed by atoms with van der Waals surface area (Å²) in [7, 11) is 2.85. The van der Waals surface area contributed by atoms with Crippen LogP contribution in [0.2, 0.25) is 0 Å². The Labute approximate surface area is 186 Å². The fourth-order valence-electron chi connectivity index (χ4n) is 3.84. The molecule has 0 aromatic heterocycles. The zero-order chi connectivity index (χ0) is 23.3. The van der Waals surface area contributed by atoms with Gasteiger partial charge in [-0.2, -0.15) is 10.5 Å². The highest BCUT2D eigenvalue weighted by Crippen LogP contribution is 2.45. The third kappa shape index (κ3) is 4.23. The standard InChI is InChI=1S/C23H25N5O4/c1-23(21(30-2)31-3)20(29)19(17-11-16(12-24)9-10-18(17)32-23)28(14-25)22(26)27-13-15-7-5-4-6-8-15/h4-11,19-21,29H,13H2,1-3H3,(H2,26,27). The molecule has 0 spiro atoms. The van der Waals surface area contributed by atoms with Crippen LogP contribution in [0.15, 0.2) is 53.5 Å². The molecule has 0 aliphatic carbocycles. The number of nitriles is 2. The number of hydrogen-bond acceptors (Lipinski definition) is 7. The number of methoxy groups -OCH3 is 2. The number of fused-ring (bicyclic) bond motifs is 1. The van der Waals surface area contributed by atoms with E-state index in [1.54, 1.807) is 25.1 Å². The van der Waals surface area contributed by atoms with Crippen LogP contribution in [0, 0.1) is 22.8 Å². The Bertz CT molecular complexity index is 1060. The van der Waals surface area contributed by atoms with Gasteiger partial charge in [-0.3, -0.25) is 0 Å². The SMILES string of the molecule is COC(OC)C1(C)Oc2ccc(C#N)cc2C(N(C#N)C(N)=NCc2ccccc2)C1O. The molecule has 32 heavy (non-hydrogen) atoms. The van der Waals surface area contributed by atoms with Gasteiger partial charge in [-0.25, -0.2) is 9.89 Å². The Morgan fingerprint density at radius 1 is 1.25 bits per heavy atom. The Balaban J connectivity index is 2.08. The molecule has 0 amide bonds. The average molecular weight is 435 g/mol. The summed E-state index contributed by atoms with van der Waals surface area (Å²) < 4.78 is 16.8. The normalized spacial score (nSPS) is 22.4. The molecule has 0 saturated heterocycles. The second-order valence-electron chi connectivity index (χ2n) is 7.47. The summed E-state index contributed by atoms with van der Waals surface area (Å²) in [6.07, 6.45) is -0.246. The highest BCUT2D eigenvalue weighted by Gasteiger charge is 2.54. The maximum Gasteiger partial charge on any atom is 0.205 e. The van der Waals surface area contributed by atoms with Gasteiger partial charge in [0.05, 0.1) is 18.2 Å². The molecule has 166 valence electrons. The van der Waals surface area contributed by atoms with Crippen molar-refractivity contribution in [3.8, 4) is 18.0 Å². The molecule has 0 fully saturated rings. The van der Waals surface area contributed by atoms with E-state index in [2.05, 4.69) is 11.1 Å². The number of guanidine groups is 1. The van der Waals surface area contributed by atoms with Gasteiger partial charge in [-0.05, 0) is 30.7 Å². The molecule has 3 rings (SSSR count). The van der Waals surface area contributed by atoms with Crippen LogP contribution in [0.3, 0.4) is 0 Å². The number of ether oxygens (including phenoxy) is 3. The number of nitrogens with two attached hydrogens (primary N) is 1. The van der Waals surface area contributed by atoms with Gasteiger partial charge in [0, 0.05) is 19.8 Å². The van der Waals surface area contributed by atoms with Gasteiger partial charge in [-0.15, -0.1) is 0 Å². The van der Waals surface area contributed by atoms with Crippen molar-refractivity contribution in [1.82, 2.24) is 4.90 Å². The number of aliphatic hydroxyl groups excluding tert-OH is 1. The van der Waals surface area contributed by atoms with E-state index in [1.807, 2.05) is 36.5 Å². The van der Waals surface area contributed by atoms with Crippen molar-refractivity contribution in [2.75, 3.05) is 14.2 Å². The number of benzene rings is 2. The fourth-order valence-corrected chi connectivity index (χ4v) is 3.84. The van der Waals surface area contributed by atoms with Gasteiger partial charge in [0.25, 0.3) is 0 Å². The van der Waals surface area contributed by atoms with Crippen molar-refractivity contribution >= 4 is 5.96 Å². The summed E-state index contributed by atoms with van der Waals surface area (Å²) in [6.45, 7) is 1.88. The van der Waals surface area contributed by atoms with Gasteiger partial charge in [-0.1, -0.05) is 30.3 Å². The van der Waals surface area contributed by atoms with Crippen LogP contribution in [0.1, 0.15) is 29.7 Å². The maximum absolute atomic E-state index is 11.4.